The largest absolute Gasteiger partial charge is 0.530 e. The number of nitro groups is 2. The van der Waals surface area contributed by atoms with E-state index in [1.165, 1.54) is 5.32 Å². The van der Waals surface area contributed by atoms with E-state index < -0.39 is 33.0 Å². The van der Waals surface area contributed by atoms with Crippen LogP contribution in [-0.4, -0.2) is 15.9 Å². The van der Waals surface area contributed by atoms with Crippen LogP contribution < -0.4 is 10.4 Å². The third kappa shape index (κ3) is 2.78. The van der Waals surface area contributed by atoms with Crippen molar-refractivity contribution < 1.29 is 19.7 Å². The van der Waals surface area contributed by atoms with Gasteiger partial charge in [0.2, 0.25) is 0 Å². The minimum Gasteiger partial charge on any atom is -0.530 e. The zero-order chi connectivity index (χ0) is 13.2. The molecule has 0 saturated carbocycles. The molecular weight excluding hydrogens is 258 g/mol. The lowest BCUT2D eigenvalue weighted by Crippen LogP contribution is -2.29. The van der Waals surface area contributed by atoms with E-state index in [2.05, 4.69) is 0 Å². The predicted molar refractivity (Wildman–Crippen MR) is 53.8 cm³/mol. The number of nitrogens with zero attached hydrogens (tertiary/aromatic N) is 2. The fraction of sp³-hybridized carbons (Fsp3) is 0. The van der Waals surface area contributed by atoms with Gasteiger partial charge in [0.25, 0.3) is 0 Å². The molecular formula is C7H3ClN3O6-. The lowest BCUT2D eigenvalue weighted by atomic mass is 10.2. The molecule has 1 amide bonds. The van der Waals surface area contributed by atoms with Crippen LogP contribution in [-0.2, 0) is 0 Å². The summed E-state index contributed by atoms with van der Waals surface area (Å²) in [5.74, 6) is 0. The summed E-state index contributed by atoms with van der Waals surface area (Å²) in [5.41, 5.74) is -2.44. The van der Waals surface area contributed by atoms with Crippen molar-refractivity contribution in [3.8, 4) is 0 Å². The molecule has 0 fully saturated rings. The van der Waals surface area contributed by atoms with Gasteiger partial charge in [0.1, 0.15) is 6.09 Å². The van der Waals surface area contributed by atoms with E-state index in [0.717, 1.165) is 12.1 Å². The van der Waals surface area contributed by atoms with Gasteiger partial charge in [0.05, 0.1) is 14.9 Å². The fourth-order valence-corrected chi connectivity index (χ4v) is 1.30. The Balaban J connectivity index is 3.52. The van der Waals surface area contributed by atoms with Crippen LogP contribution in [0.5, 0.6) is 0 Å². The molecule has 0 aliphatic heterocycles. The van der Waals surface area contributed by atoms with Crippen molar-refractivity contribution in [2.75, 3.05) is 5.32 Å². The van der Waals surface area contributed by atoms with Crippen molar-refractivity contribution in [1.82, 2.24) is 0 Å². The highest BCUT2D eigenvalue weighted by atomic mass is 35.5. The van der Waals surface area contributed by atoms with Crippen LogP contribution in [0, 0.1) is 20.2 Å². The Labute approximate surface area is 97.9 Å². The van der Waals surface area contributed by atoms with Gasteiger partial charge in [0, 0.05) is 12.1 Å². The topological polar surface area (TPSA) is 138 Å². The fourth-order valence-electron chi connectivity index (χ4n) is 1.10. The number of hydrogen-bond acceptors (Lipinski definition) is 6. The number of carboxylic acid groups (broad SMARTS) is 1. The molecule has 0 saturated heterocycles. The Morgan fingerprint density at radius 1 is 1.18 bits per heavy atom. The van der Waals surface area contributed by atoms with Crippen LogP contribution in [0.25, 0.3) is 0 Å². The van der Waals surface area contributed by atoms with Crippen molar-refractivity contribution in [2.45, 2.75) is 0 Å². The summed E-state index contributed by atoms with van der Waals surface area (Å²) < 4.78 is 0. The number of anilines is 1. The Bertz CT molecular complexity index is 481. The number of halogens is 1. The molecule has 90 valence electrons. The number of rotatable bonds is 3. The second-order valence-electron chi connectivity index (χ2n) is 2.75. The van der Waals surface area contributed by atoms with Crippen LogP contribution in [0.3, 0.4) is 0 Å². The molecule has 0 spiro atoms. The van der Waals surface area contributed by atoms with Gasteiger partial charge in [-0.3, -0.25) is 20.2 Å². The third-order valence-electron chi connectivity index (χ3n) is 1.68. The SMILES string of the molecule is O=C([O-])Nc1c([N+](=O)[O-])cc(Cl)cc1[N+](=O)[O-]. The molecule has 0 aromatic heterocycles. The summed E-state index contributed by atoms with van der Waals surface area (Å²) in [5, 5.41) is 32.7. The Hall–Kier alpha value is -2.42. The highest BCUT2D eigenvalue weighted by molar-refractivity contribution is 6.31. The summed E-state index contributed by atoms with van der Waals surface area (Å²) in [6, 6.07) is 1.58. The minimum atomic E-state index is -1.90. The van der Waals surface area contributed by atoms with Gasteiger partial charge in [-0.2, -0.15) is 0 Å². The van der Waals surface area contributed by atoms with Gasteiger partial charge >= 0.3 is 11.4 Å². The first-order chi connectivity index (χ1) is 7.82. The maximum Gasteiger partial charge on any atom is 0.301 e. The van der Waals surface area contributed by atoms with E-state index in [4.69, 9.17) is 11.6 Å². The monoisotopic (exact) mass is 260 g/mol. The van der Waals surface area contributed by atoms with E-state index in [1.807, 2.05) is 0 Å². The molecule has 0 radical (unpaired) electrons. The third-order valence-corrected chi connectivity index (χ3v) is 1.90. The molecule has 1 N–H and O–H groups in total. The number of carbonyl (C=O) groups is 1. The molecule has 0 bridgehead atoms. The van der Waals surface area contributed by atoms with E-state index in [0.29, 0.717) is 0 Å². The summed E-state index contributed by atoms with van der Waals surface area (Å²) >= 11 is 5.45. The van der Waals surface area contributed by atoms with Gasteiger partial charge < -0.3 is 15.2 Å². The normalized spacial score (nSPS) is 9.71. The molecule has 0 aliphatic carbocycles. The first-order valence-electron chi connectivity index (χ1n) is 3.93. The van der Waals surface area contributed by atoms with Crippen LogP contribution in [0.2, 0.25) is 5.02 Å². The maximum absolute atomic E-state index is 10.6. The summed E-state index contributed by atoms with van der Waals surface area (Å²) in [6.45, 7) is 0. The predicted octanol–water partition coefficient (Wildman–Crippen LogP) is 0.912. The molecule has 10 heteroatoms. The number of benzene rings is 1. The summed E-state index contributed by atoms with van der Waals surface area (Å²) in [7, 11) is 0. The average molecular weight is 261 g/mol. The minimum absolute atomic E-state index is 0.257. The molecule has 9 nitrogen and oxygen atoms in total. The zero-order valence-corrected chi connectivity index (χ0v) is 8.63. The number of nitro benzene ring substituents is 2. The Morgan fingerprint density at radius 2 is 1.59 bits per heavy atom. The van der Waals surface area contributed by atoms with Gasteiger partial charge in [-0.05, 0) is 0 Å². The van der Waals surface area contributed by atoms with Crippen LogP contribution >= 0.6 is 11.6 Å². The first kappa shape index (κ1) is 12.6. The zero-order valence-electron chi connectivity index (χ0n) is 7.88. The summed E-state index contributed by atoms with van der Waals surface area (Å²) in [6.07, 6.45) is -1.90. The molecule has 0 atom stereocenters. The highest BCUT2D eigenvalue weighted by Gasteiger charge is 2.26. The first-order valence-corrected chi connectivity index (χ1v) is 4.31. The molecule has 1 rings (SSSR count). The number of hydrogen-bond donors (Lipinski definition) is 1. The van der Waals surface area contributed by atoms with Crippen molar-refractivity contribution >= 4 is 34.8 Å². The van der Waals surface area contributed by atoms with Crippen molar-refractivity contribution in [3.05, 3.63) is 37.4 Å². The molecule has 1 aromatic rings. The molecule has 0 aliphatic rings. The quantitative estimate of drug-likeness (QED) is 0.633. The molecule has 1 aromatic carbocycles. The van der Waals surface area contributed by atoms with Crippen molar-refractivity contribution in [2.24, 2.45) is 0 Å². The lowest BCUT2D eigenvalue weighted by Gasteiger charge is -2.07. The van der Waals surface area contributed by atoms with Crippen molar-refractivity contribution in [1.29, 1.82) is 0 Å². The average Bonchev–Trinajstić information content (AvgIpc) is 2.18. The Kier molecular flexibility index (Phi) is 3.43. The second kappa shape index (κ2) is 4.61. The van der Waals surface area contributed by atoms with Gasteiger partial charge in [-0.25, -0.2) is 0 Å². The van der Waals surface area contributed by atoms with Crippen LogP contribution in [0.1, 0.15) is 0 Å². The van der Waals surface area contributed by atoms with Gasteiger partial charge in [0.15, 0.2) is 5.69 Å². The summed E-state index contributed by atoms with van der Waals surface area (Å²) in [4.78, 5) is 29.5. The van der Waals surface area contributed by atoms with Gasteiger partial charge in [-0.1, -0.05) is 11.6 Å². The van der Waals surface area contributed by atoms with E-state index in [-0.39, 0.29) is 5.02 Å². The van der Waals surface area contributed by atoms with Crippen molar-refractivity contribution in [3.63, 3.8) is 0 Å². The van der Waals surface area contributed by atoms with Crippen LogP contribution in [0.4, 0.5) is 21.9 Å². The smallest absolute Gasteiger partial charge is 0.301 e. The van der Waals surface area contributed by atoms with Crippen LogP contribution in [0.15, 0.2) is 12.1 Å². The number of nitrogens with one attached hydrogen (secondary N) is 1. The lowest BCUT2D eigenvalue weighted by molar-refractivity contribution is -0.392. The Morgan fingerprint density at radius 3 is 1.88 bits per heavy atom. The van der Waals surface area contributed by atoms with E-state index in [9.17, 15) is 30.1 Å². The molecule has 0 heterocycles. The second-order valence-corrected chi connectivity index (χ2v) is 3.18. The van der Waals surface area contributed by atoms with Gasteiger partial charge in [-0.15, -0.1) is 0 Å². The standard InChI is InChI=1S/C7H4ClN3O6/c8-3-1-4(10(14)15)6(9-7(12)13)5(2-3)11(16)17/h1-2,9H,(H,12,13)/p-1. The number of amides is 1. The molecule has 0 unspecified atom stereocenters. The number of carbonyl (C=O) groups excluding carboxylic acids is 1. The van der Waals surface area contributed by atoms with E-state index >= 15 is 0 Å². The maximum atomic E-state index is 10.6. The van der Waals surface area contributed by atoms with E-state index in [1.54, 1.807) is 0 Å². The molecule has 17 heavy (non-hydrogen) atoms. The highest BCUT2D eigenvalue weighted by Crippen LogP contribution is 2.37.